The molecule has 0 spiro atoms. The molecule has 3 rings (SSSR count). The summed E-state index contributed by atoms with van der Waals surface area (Å²) in [6.07, 6.45) is 0. The first kappa shape index (κ1) is 13.7. The van der Waals surface area contributed by atoms with Crippen LogP contribution in [-0.2, 0) is 5.75 Å². The van der Waals surface area contributed by atoms with E-state index in [2.05, 4.69) is 10.2 Å². The maximum absolute atomic E-state index is 9.24. The number of hydrogen-bond donors (Lipinski definition) is 1. The van der Waals surface area contributed by atoms with Gasteiger partial charge in [-0.3, -0.25) is 0 Å². The summed E-state index contributed by atoms with van der Waals surface area (Å²) in [5.41, 5.74) is 2.12. The van der Waals surface area contributed by atoms with Crippen molar-refractivity contribution in [3.63, 3.8) is 0 Å². The average Bonchev–Trinajstić information content (AvgIpc) is 2.96. The summed E-state index contributed by atoms with van der Waals surface area (Å²) in [5, 5.41) is 17.4. The Balaban J connectivity index is 1.67. The number of aryl methyl sites for hydroxylation is 1. The summed E-state index contributed by atoms with van der Waals surface area (Å²) < 4.78 is 5.66. The SMILES string of the molecule is Cc1ccc(-c2nnc(CSc3ccc(O)cc3)o2)cc1. The topological polar surface area (TPSA) is 59.2 Å². The van der Waals surface area contributed by atoms with Gasteiger partial charge in [0.1, 0.15) is 5.75 Å². The molecule has 0 saturated carbocycles. The molecular formula is C16H14N2O2S. The van der Waals surface area contributed by atoms with Crippen LogP contribution in [0, 0.1) is 6.92 Å². The van der Waals surface area contributed by atoms with Gasteiger partial charge in [-0.2, -0.15) is 0 Å². The largest absolute Gasteiger partial charge is 0.508 e. The molecule has 0 bridgehead atoms. The molecule has 0 unspecified atom stereocenters. The molecule has 1 heterocycles. The molecule has 0 amide bonds. The molecule has 2 aromatic carbocycles. The van der Waals surface area contributed by atoms with Crippen molar-refractivity contribution >= 4 is 11.8 Å². The summed E-state index contributed by atoms with van der Waals surface area (Å²) in [6, 6.07) is 15.0. The molecule has 0 radical (unpaired) electrons. The maximum atomic E-state index is 9.24. The van der Waals surface area contributed by atoms with Crippen LogP contribution >= 0.6 is 11.8 Å². The summed E-state index contributed by atoms with van der Waals surface area (Å²) in [4.78, 5) is 1.04. The quantitative estimate of drug-likeness (QED) is 0.736. The molecule has 4 nitrogen and oxygen atoms in total. The second kappa shape index (κ2) is 6.01. The molecule has 0 aliphatic rings. The van der Waals surface area contributed by atoms with E-state index < -0.39 is 0 Å². The second-order valence-corrected chi connectivity index (χ2v) is 5.70. The van der Waals surface area contributed by atoms with Crippen LogP contribution in [0.15, 0.2) is 57.8 Å². The van der Waals surface area contributed by atoms with E-state index in [1.165, 1.54) is 5.56 Å². The predicted molar refractivity (Wildman–Crippen MR) is 82.1 cm³/mol. The number of rotatable bonds is 4. The van der Waals surface area contributed by atoms with Crippen LogP contribution in [-0.4, -0.2) is 15.3 Å². The Bertz CT molecular complexity index is 721. The number of nitrogens with zero attached hydrogens (tertiary/aromatic N) is 2. The molecule has 0 fully saturated rings. The van der Waals surface area contributed by atoms with Gasteiger partial charge in [-0.05, 0) is 43.3 Å². The lowest BCUT2D eigenvalue weighted by molar-refractivity contribution is 0.475. The van der Waals surface area contributed by atoms with E-state index >= 15 is 0 Å². The van der Waals surface area contributed by atoms with Crippen molar-refractivity contribution in [3.8, 4) is 17.2 Å². The van der Waals surface area contributed by atoms with Crippen LogP contribution in [0.2, 0.25) is 0 Å². The molecule has 3 aromatic rings. The van der Waals surface area contributed by atoms with E-state index in [1.807, 2.05) is 43.3 Å². The fourth-order valence-electron chi connectivity index (χ4n) is 1.81. The number of phenolic OH excluding ortho intramolecular Hbond substituents is 1. The molecular weight excluding hydrogens is 284 g/mol. The molecule has 106 valence electrons. The highest BCUT2D eigenvalue weighted by Gasteiger charge is 2.08. The third-order valence-electron chi connectivity index (χ3n) is 2.96. The monoisotopic (exact) mass is 298 g/mol. The van der Waals surface area contributed by atoms with Crippen molar-refractivity contribution in [1.29, 1.82) is 0 Å². The van der Waals surface area contributed by atoms with E-state index in [-0.39, 0.29) is 5.75 Å². The van der Waals surface area contributed by atoms with Gasteiger partial charge in [0.25, 0.3) is 0 Å². The summed E-state index contributed by atoms with van der Waals surface area (Å²) in [5.74, 6) is 1.99. The fourth-order valence-corrected chi connectivity index (χ4v) is 2.55. The van der Waals surface area contributed by atoms with Crippen LogP contribution in [0.3, 0.4) is 0 Å². The molecule has 21 heavy (non-hydrogen) atoms. The van der Waals surface area contributed by atoms with Gasteiger partial charge in [0, 0.05) is 10.5 Å². The minimum absolute atomic E-state index is 0.263. The lowest BCUT2D eigenvalue weighted by Crippen LogP contribution is -1.80. The van der Waals surface area contributed by atoms with Gasteiger partial charge in [-0.1, -0.05) is 17.7 Å². The van der Waals surface area contributed by atoms with E-state index in [0.717, 1.165) is 10.5 Å². The van der Waals surface area contributed by atoms with Gasteiger partial charge in [0.15, 0.2) is 0 Å². The number of benzene rings is 2. The van der Waals surface area contributed by atoms with Crippen molar-refractivity contribution < 1.29 is 9.52 Å². The highest BCUT2D eigenvalue weighted by atomic mass is 32.2. The van der Waals surface area contributed by atoms with Crippen LogP contribution in [0.4, 0.5) is 0 Å². The molecule has 1 N–H and O–H groups in total. The zero-order valence-corrected chi connectivity index (χ0v) is 12.3. The Kier molecular flexibility index (Phi) is 3.92. The first-order chi connectivity index (χ1) is 10.2. The molecule has 0 saturated heterocycles. The molecule has 1 aromatic heterocycles. The minimum Gasteiger partial charge on any atom is -0.508 e. The minimum atomic E-state index is 0.263. The predicted octanol–water partition coefficient (Wildman–Crippen LogP) is 4.04. The van der Waals surface area contributed by atoms with Crippen molar-refractivity contribution in [1.82, 2.24) is 10.2 Å². The van der Waals surface area contributed by atoms with E-state index in [9.17, 15) is 5.11 Å². The first-order valence-corrected chi connectivity index (χ1v) is 7.50. The van der Waals surface area contributed by atoms with Gasteiger partial charge >= 0.3 is 0 Å². The smallest absolute Gasteiger partial charge is 0.247 e. The fraction of sp³-hybridized carbons (Fsp3) is 0.125. The molecule has 0 aliphatic carbocycles. The molecule has 5 heteroatoms. The average molecular weight is 298 g/mol. The number of thioether (sulfide) groups is 1. The third kappa shape index (κ3) is 3.44. The highest BCUT2D eigenvalue weighted by Crippen LogP contribution is 2.25. The van der Waals surface area contributed by atoms with Crippen LogP contribution in [0.25, 0.3) is 11.5 Å². The Morgan fingerprint density at radius 2 is 1.71 bits per heavy atom. The van der Waals surface area contributed by atoms with Gasteiger partial charge in [0.05, 0.1) is 5.75 Å². The zero-order chi connectivity index (χ0) is 14.7. The first-order valence-electron chi connectivity index (χ1n) is 6.52. The van der Waals surface area contributed by atoms with Crippen LogP contribution in [0.1, 0.15) is 11.5 Å². The van der Waals surface area contributed by atoms with Crippen molar-refractivity contribution in [2.24, 2.45) is 0 Å². The Morgan fingerprint density at radius 1 is 1.00 bits per heavy atom. The van der Waals surface area contributed by atoms with Crippen molar-refractivity contribution in [2.45, 2.75) is 17.6 Å². The van der Waals surface area contributed by atoms with Crippen molar-refractivity contribution in [2.75, 3.05) is 0 Å². The number of aromatic hydroxyl groups is 1. The van der Waals surface area contributed by atoms with Gasteiger partial charge < -0.3 is 9.52 Å². The van der Waals surface area contributed by atoms with Crippen LogP contribution < -0.4 is 0 Å². The van der Waals surface area contributed by atoms with E-state index in [4.69, 9.17) is 4.42 Å². The van der Waals surface area contributed by atoms with Crippen molar-refractivity contribution in [3.05, 3.63) is 60.0 Å². The summed E-state index contributed by atoms with van der Waals surface area (Å²) >= 11 is 1.59. The lowest BCUT2D eigenvalue weighted by Gasteiger charge is -1.98. The summed E-state index contributed by atoms with van der Waals surface area (Å²) in [7, 11) is 0. The highest BCUT2D eigenvalue weighted by molar-refractivity contribution is 7.98. The number of hydrogen-bond acceptors (Lipinski definition) is 5. The van der Waals surface area contributed by atoms with Gasteiger partial charge in [-0.25, -0.2) is 0 Å². The van der Waals surface area contributed by atoms with Gasteiger partial charge in [-0.15, -0.1) is 22.0 Å². The lowest BCUT2D eigenvalue weighted by atomic mass is 10.1. The Morgan fingerprint density at radius 3 is 2.43 bits per heavy atom. The third-order valence-corrected chi connectivity index (χ3v) is 3.96. The van der Waals surface area contributed by atoms with E-state index in [0.29, 0.717) is 17.5 Å². The Labute approximate surface area is 126 Å². The van der Waals surface area contributed by atoms with Gasteiger partial charge in [0.2, 0.25) is 11.8 Å². The Hall–Kier alpha value is -2.27. The standard InChI is InChI=1S/C16H14N2O2S/c1-11-2-4-12(5-3-11)16-18-17-15(20-16)10-21-14-8-6-13(19)7-9-14/h2-9,19H,10H2,1H3. The summed E-state index contributed by atoms with van der Waals surface area (Å²) in [6.45, 7) is 2.04. The van der Waals surface area contributed by atoms with E-state index in [1.54, 1.807) is 23.9 Å². The second-order valence-electron chi connectivity index (χ2n) is 4.65. The number of aromatic nitrogens is 2. The normalized spacial score (nSPS) is 10.7. The number of phenols is 1. The zero-order valence-electron chi connectivity index (χ0n) is 11.5. The molecule has 0 atom stereocenters. The molecule has 0 aliphatic heterocycles. The van der Waals surface area contributed by atoms with Crippen LogP contribution in [0.5, 0.6) is 5.75 Å². The maximum Gasteiger partial charge on any atom is 0.247 e.